The average Bonchev–Trinajstić information content (AvgIpc) is 2.38. The maximum atomic E-state index is 10.8. The number of rotatable bonds is 5. The predicted octanol–water partition coefficient (Wildman–Crippen LogP) is 1.14. The molecule has 5 heteroatoms. The Hall–Kier alpha value is -0.650. The van der Waals surface area contributed by atoms with E-state index in [1.165, 1.54) is 6.42 Å². The molecule has 2 rings (SSSR count). The number of hydrogen-bond acceptors (Lipinski definition) is 4. The molecule has 0 aliphatic carbocycles. The zero-order chi connectivity index (χ0) is 14.5. The summed E-state index contributed by atoms with van der Waals surface area (Å²) in [6, 6.07) is 0. The van der Waals surface area contributed by atoms with Crippen LogP contribution in [-0.4, -0.2) is 73.4 Å². The summed E-state index contributed by atoms with van der Waals surface area (Å²) >= 11 is 0. The minimum atomic E-state index is -0.674. The number of piperidine rings is 1. The molecule has 0 saturated carbocycles. The highest BCUT2D eigenvalue weighted by Gasteiger charge is 2.28. The molecule has 3 unspecified atom stereocenters. The first kappa shape index (κ1) is 15.7. The maximum Gasteiger partial charge on any atom is 0.303 e. The van der Waals surface area contributed by atoms with Crippen molar-refractivity contribution < 1.29 is 14.6 Å². The quantitative estimate of drug-likeness (QED) is 0.820. The average molecular weight is 284 g/mol. The van der Waals surface area contributed by atoms with E-state index in [0.29, 0.717) is 18.4 Å². The molecule has 0 amide bonds. The van der Waals surface area contributed by atoms with E-state index in [1.54, 1.807) is 0 Å². The fraction of sp³-hybridized carbons (Fsp3) is 0.933. The number of hydrogen-bond donors (Lipinski definition) is 1. The number of carboxylic acids is 1. The Labute approximate surface area is 121 Å². The molecule has 2 aliphatic rings. The van der Waals surface area contributed by atoms with Crippen molar-refractivity contribution in [2.75, 3.05) is 46.4 Å². The van der Waals surface area contributed by atoms with E-state index in [4.69, 9.17) is 9.84 Å². The number of aliphatic carboxylic acids is 1. The van der Waals surface area contributed by atoms with Gasteiger partial charge in [0.1, 0.15) is 0 Å². The van der Waals surface area contributed by atoms with Gasteiger partial charge in [0.25, 0.3) is 0 Å². The van der Waals surface area contributed by atoms with Gasteiger partial charge in [-0.15, -0.1) is 0 Å². The van der Waals surface area contributed by atoms with Gasteiger partial charge in [-0.3, -0.25) is 4.79 Å². The van der Waals surface area contributed by atoms with Gasteiger partial charge in [0.2, 0.25) is 0 Å². The van der Waals surface area contributed by atoms with Gasteiger partial charge in [0.05, 0.1) is 12.7 Å². The standard InChI is InChI=1S/C15H28N2O3/c1-12(8-15(18)19)13-4-3-5-17(9-13)11-14-10-16(2)6-7-20-14/h12-14H,3-11H2,1-2H3,(H,18,19). The van der Waals surface area contributed by atoms with Gasteiger partial charge in [-0.2, -0.15) is 0 Å². The van der Waals surface area contributed by atoms with Crippen LogP contribution < -0.4 is 0 Å². The second kappa shape index (κ2) is 7.38. The minimum Gasteiger partial charge on any atom is -0.481 e. The van der Waals surface area contributed by atoms with Crippen molar-refractivity contribution in [3.05, 3.63) is 0 Å². The zero-order valence-corrected chi connectivity index (χ0v) is 12.8. The topological polar surface area (TPSA) is 53.0 Å². The summed E-state index contributed by atoms with van der Waals surface area (Å²) in [5, 5.41) is 8.93. The number of likely N-dealkylation sites (N-methyl/N-ethyl adjacent to an activating group) is 1. The van der Waals surface area contributed by atoms with Gasteiger partial charge in [0.15, 0.2) is 0 Å². The van der Waals surface area contributed by atoms with Crippen LogP contribution in [0.4, 0.5) is 0 Å². The van der Waals surface area contributed by atoms with Crippen LogP contribution in [0, 0.1) is 11.8 Å². The normalized spacial score (nSPS) is 31.1. The Morgan fingerprint density at radius 3 is 2.90 bits per heavy atom. The van der Waals surface area contributed by atoms with Crippen LogP contribution in [0.3, 0.4) is 0 Å². The van der Waals surface area contributed by atoms with Gasteiger partial charge in [-0.1, -0.05) is 6.92 Å². The number of ether oxygens (including phenoxy) is 1. The third kappa shape index (κ3) is 4.72. The number of carbonyl (C=O) groups is 1. The monoisotopic (exact) mass is 284 g/mol. The molecule has 2 heterocycles. The number of morpholine rings is 1. The van der Waals surface area contributed by atoms with Crippen LogP contribution in [0.1, 0.15) is 26.2 Å². The highest BCUT2D eigenvalue weighted by atomic mass is 16.5. The van der Waals surface area contributed by atoms with E-state index in [1.807, 2.05) is 0 Å². The molecule has 20 heavy (non-hydrogen) atoms. The molecule has 2 fully saturated rings. The smallest absolute Gasteiger partial charge is 0.303 e. The minimum absolute atomic E-state index is 0.269. The van der Waals surface area contributed by atoms with Crippen LogP contribution in [-0.2, 0) is 9.53 Å². The van der Waals surface area contributed by atoms with Crippen molar-refractivity contribution in [2.24, 2.45) is 11.8 Å². The summed E-state index contributed by atoms with van der Waals surface area (Å²) < 4.78 is 5.83. The van der Waals surface area contributed by atoms with Crippen molar-refractivity contribution in [1.29, 1.82) is 0 Å². The molecule has 1 N–H and O–H groups in total. The summed E-state index contributed by atoms with van der Waals surface area (Å²) in [6.07, 6.45) is 2.94. The molecule has 0 aromatic rings. The van der Waals surface area contributed by atoms with E-state index < -0.39 is 5.97 Å². The molecular weight excluding hydrogens is 256 g/mol. The van der Waals surface area contributed by atoms with Crippen molar-refractivity contribution >= 4 is 5.97 Å². The van der Waals surface area contributed by atoms with Crippen molar-refractivity contribution in [1.82, 2.24) is 9.80 Å². The maximum absolute atomic E-state index is 10.8. The molecule has 0 bridgehead atoms. The molecular formula is C15H28N2O3. The lowest BCUT2D eigenvalue weighted by molar-refractivity contribution is -0.138. The van der Waals surface area contributed by atoms with Crippen LogP contribution in [0.2, 0.25) is 0 Å². The van der Waals surface area contributed by atoms with Gasteiger partial charge in [0, 0.05) is 32.6 Å². The molecule has 3 atom stereocenters. The predicted molar refractivity (Wildman–Crippen MR) is 77.8 cm³/mol. The Balaban J connectivity index is 1.79. The summed E-state index contributed by atoms with van der Waals surface area (Å²) in [4.78, 5) is 15.6. The van der Waals surface area contributed by atoms with E-state index in [9.17, 15) is 4.79 Å². The van der Waals surface area contributed by atoms with Crippen LogP contribution in [0.5, 0.6) is 0 Å². The van der Waals surface area contributed by atoms with Crippen LogP contribution in [0.15, 0.2) is 0 Å². The highest BCUT2D eigenvalue weighted by molar-refractivity contribution is 5.67. The molecule has 0 aromatic carbocycles. The Kier molecular flexibility index (Phi) is 5.81. The first-order valence-electron chi connectivity index (χ1n) is 7.79. The van der Waals surface area contributed by atoms with E-state index in [-0.39, 0.29) is 5.92 Å². The van der Waals surface area contributed by atoms with Gasteiger partial charge >= 0.3 is 5.97 Å². The number of likely N-dealkylation sites (tertiary alicyclic amines) is 1. The first-order chi connectivity index (χ1) is 9.54. The molecule has 116 valence electrons. The summed E-state index contributed by atoms with van der Waals surface area (Å²) in [7, 11) is 2.14. The summed E-state index contributed by atoms with van der Waals surface area (Å²) in [6.45, 7) is 8.07. The molecule has 0 spiro atoms. The van der Waals surface area contributed by atoms with Gasteiger partial charge in [-0.05, 0) is 38.3 Å². The lowest BCUT2D eigenvalue weighted by Gasteiger charge is -2.39. The Morgan fingerprint density at radius 2 is 2.20 bits per heavy atom. The number of nitrogens with zero attached hydrogens (tertiary/aromatic N) is 2. The van der Waals surface area contributed by atoms with Crippen molar-refractivity contribution in [2.45, 2.75) is 32.3 Å². The van der Waals surface area contributed by atoms with E-state index in [0.717, 1.165) is 45.8 Å². The second-order valence-electron chi connectivity index (χ2n) is 6.49. The fourth-order valence-electron chi connectivity index (χ4n) is 3.43. The van der Waals surface area contributed by atoms with Crippen LogP contribution >= 0.6 is 0 Å². The van der Waals surface area contributed by atoms with E-state index in [2.05, 4.69) is 23.8 Å². The lowest BCUT2D eigenvalue weighted by atomic mass is 9.84. The van der Waals surface area contributed by atoms with Gasteiger partial charge < -0.3 is 19.6 Å². The largest absolute Gasteiger partial charge is 0.481 e. The fourth-order valence-corrected chi connectivity index (χ4v) is 3.43. The van der Waals surface area contributed by atoms with Crippen molar-refractivity contribution in [3.63, 3.8) is 0 Å². The molecule has 2 aliphatic heterocycles. The lowest BCUT2D eigenvalue weighted by Crippen LogP contribution is -2.48. The van der Waals surface area contributed by atoms with Gasteiger partial charge in [-0.25, -0.2) is 0 Å². The second-order valence-corrected chi connectivity index (χ2v) is 6.49. The third-order valence-electron chi connectivity index (χ3n) is 4.65. The van der Waals surface area contributed by atoms with Crippen LogP contribution in [0.25, 0.3) is 0 Å². The third-order valence-corrected chi connectivity index (χ3v) is 4.65. The zero-order valence-electron chi connectivity index (χ0n) is 12.8. The Morgan fingerprint density at radius 1 is 1.40 bits per heavy atom. The molecule has 5 nitrogen and oxygen atoms in total. The Bertz CT molecular complexity index is 324. The molecule has 2 saturated heterocycles. The van der Waals surface area contributed by atoms with E-state index >= 15 is 0 Å². The first-order valence-corrected chi connectivity index (χ1v) is 7.79. The molecule has 0 aromatic heterocycles. The SMILES string of the molecule is CC(CC(=O)O)C1CCCN(CC2CN(C)CCO2)C1. The van der Waals surface area contributed by atoms with Crippen molar-refractivity contribution in [3.8, 4) is 0 Å². The summed E-state index contributed by atoms with van der Waals surface area (Å²) in [5.41, 5.74) is 0. The molecule has 0 radical (unpaired) electrons. The number of carboxylic acid groups (broad SMARTS) is 1. The summed E-state index contributed by atoms with van der Waals surface area (Å²) in [5.74, 6) is 0.110. The highest BCUT2D eigenvalue weighted by Crippen LogP contribution is 2.26.